The van der Waals surface area contributed by atoms with Crippen molar-refractivity contribution in [3.8, 4) is 0 Å². The maximum absolute atomic E-state index is 14.0. The van der Waals surface area contributed by atoms with Crippen LogP contribution >= 0.6 is 0 Å². The van der Waals surface area contributed by atoms with Crippen molar-refractivity contribution >= 4 is 5.91 Å². The van der Waals surface area contributed by atoms with Crippen molar-refractivity contribution < 1.29 is 159 Å². The third-order valence-corrected chi connectivity index (χ3v) is 14.1. The summed E-state index contributed by atoms with van der Waals surface area (Å²) in [6.45, 7) is 3.82. The molecule has 1 amide bonds. The predicted molar refractivity (Wildman–Crippen MR) is 325 cm³/mol. The summed E-state index contributed by atoms with van der Waals surface area (Å²) in [6, 6.07) is 0. The predicted octanol–water partition coefficient (Wildman–Crippen LogP) is -11.6. The van der Waals surface area contributed by atoms with E-state index in [1.807, 2.05) is 7.05 Å². The standard InChI is InChI=1S/C57H118N4O32/c1-3-41(65)50(74)51(75)42(66)34-59(35-43(67)52(76)55(79)46(70)38-62)6-8-61(9-7-60(36-44(68)53(77)56(80)47(71)39-63)37-45(69)54(78)57(81)48(72)40-64)49(73)4-10-82-12-14-84-16-18-86-20-22-88-24-26-90-28-30-92-32-33-93-31-29-91-27-25-89-23-21-87-19-17-85-15-13-83-11-5-58-2/h41-48,50-58,62-72,74-81H,3-40H2,1-2H3/t41-,42+,43+,44+,45+,46-,47-,48-,50-,51-,52-,53-,54-,55-,56-,57-/m1/s1. The zero-order valence-electron chi connectivity index (χ0n) is 54.3. The van der Waals surface area contributed by atoms with Gasteiger partial charge in [-0.25, -0.2) is 0 Å². The van der Waals surface area contributed by atoms with E-state index in [0.29, 0.717) is 119 Å². The van der Waals surface area contributed by atoms with Gasteiger partial charge in [-0.3, -0.25) is 14.6 Å². The molecule has 0 saturated carbocycles. The van der Waals surface area contributed by atoms with Gasteiger partial charge in [-0.05, 0) is 13.5 Å². The zero-order chi connectivity index (χ0) is 69.6. The molecule has 0 heterocycles. The van der Waals surface area contributed by atoms with Gasteiger partial charge in [-0.15, -0.1) is 0 Å². The van der Waals surface area contributed by atoms with Crippen molar-refractivity contribution in [3.05, 3.63) is 0 Å². The Morgan fingerprint density at radius 3 is 0.720 bits per heavy atom. The van der Waals surface area contributed by atoms with Crippen LogP contribution in [0.3, 0.4) is 0 Å². The van der Waals surface area contributed by atoms with E-state index in [4.69, 9.17) is 56.8 Å². The first-order valence-electron chi connectivity index (χ1n) is 31.6. The fraction of sp³-hybridized carbons (Fsp3) is 0.982. The van der Waals surface area contributed by atoms with Gasteiger partial charge in [0.15, 0.2) is 0 Å². The number of nitrogens with one attached hydrogen (secondary N) is 1. The number of likely N-dealkylation sites (N-methyl/N-ethyl adjacent to an activating group) is 1. The summed E-state index contributed by atoms with van der Waals surface area (Å²) in [5, 5.41) is 199. The molecule has 0 saturated heterocycles. The molecule has 36 heteroatoms. The zero-order valence-corrected chi connectivity index (χ0v) is 54.3. The van der Waals surface area contributed by atoms with E-state index in [-0.39, 0.29) is 78.7 Å². The minimum atomic E-state index is -2.13. The van der Waals surface area contributed by atoms with Gasteiger partial charge in [-0.1, -0.05) is 6.92 Å². The summed E-state index contributed by atoms with van der Waals surface area (Å²) in [7, 11) is 1.87. The van der Waals surface area contributed by atoms with Crippen molar-refractivity contribution in [1.82, 2.24) is 20.0 Å². The molecule has 0 spiro atoms. The Kier molecular flexibility index (Phi) is 58.9. The summed E-state index contributed by atoms with van der Waals surface area (Å²) in [6.07, 6.45) is -31.7. The largest absolute Gasteiger partial charge is 0.394 e. The smallest absolute Gasteiger partial charge is 0.224 e. The van der Waals surface area contributed by atoms with Crippen molar-refractivity contribution in [1.29, 1.82) is 0 Å². The third kappa shape index (κ3) is 45.4. The lowest BCUT2D eigenvalue weighted by atomic mass is 10.00. The number of nitrogens with zero attached hydrogens (tertiary/aromatic N) is 3. The van der Waals surface area contributed by atoms with Crippen LogP contribution < -0.4 is 5.32 Å². The van der Waals surface area contributed by atoms with Gasteiger partial charge in [0.05, 0.1) is 215 Å². The normalized spacial score (nSPS) is 17.5. The molecule has 16 atom stereocenters. The first kappa shape index (κ1) is 91.1. The second-order valence-electron chi connectivity index (χ2n) is 21.5. The van der Waals surface area contributed by atoms with Gasteiger partial charge in [0.1, 0.15) is 67.1 Å². The highest BCUT2D eigenvalue weighted by Crippen LogP contribution is 2.15. The van der Waals surface area contributed by atoms with Gasteiger partial charge in [-0.2, -0.15) is 0 Å². The van der Waals surface area contributed by atoms with Crippen LogP contribution in [0.25, 0.3) is 0 Å². The molecular formula is C57H118N4O32. The summed E-state index contributed by atoms with van der Waals surface area (Å²) in [5.74, 6) is -0.635. The highest BCUT2D eigenvalue weighted by atomic mass is 16.6. The molecule has 0 aliphatic carbocycles. The van der Waals surface area contributed by atoms with Crippen molar-refractivity contribution in [2.45, 2.75) is 117 Å². The van der Waals surface area contributed by atoms with Crippen LogP contribution in [0.2, 0.25) is 0 Å². The van der Waals surface area contributed by atoms with E-state index in [1.54, 1.807) is 0 Å². The molecule has 0 aliphatic rings. The molecule has 36 nitrogen and oxygen atoms in total. The lowest BCUT2D eigenvalue weighted by Crippen LogP contribution is -2.55. The van der Waals surface area contributed by atoms with Gasteiger partial charge in [0.2, 0.25) is 5.91 Å². The highest BCUT2D eigenvalue weighted by Gasteiger charge is 2.37. The van der Waals surface area contributed by atoms with Gasteiger partial charge >= 0.3 is 0 Å². The SMILES string of the molecule is CC[C@@H](O)[C@@H](O)[C@H](O)[C@@H](O)CN(CCN(CCN(C[C@H](O)[C@@H](O)[C@H](O)[C@H](O)CO)C[C@H](O)[C@@H](O)[C@H](O)[C@H](O)CO)C(=O)CCOCCOCCOCCOCCOCCOCCOCCOCCOCCOCCOCCOCCNC)C[C@H](O)[C@@H](O)[C@H](O)[C@H](O)CO. The second-order valence-corrected chi connectivity index (χ2v) is 21.5. The van der Waals surface area contributed by atoms with Crippen LogP contribution in [0.1, 0.15) is 19.8 Å². The molecule has 93 heavy (non-hydrogen) atoms. The minimum absolute atomic E-state index is 0.0250. The minimum Gasteiger partial charge on any atom is -0.394 e. The topological polar surface area (TPSA) is 534 Å². The first-order valence-corrected chi connectivity index (χ1v) is 31.6. The highest BCUT2D eigenvalue weighted by molar-refractivity contribution is 5.76. The molecule has 0 aromatic heterocycles. The quantitative estimate of drug-likeness (QED) is 0.0251. The molecular weight excluding hydrogens is 1250 g/mol. The Morgan fingerprint density at radius 1 is 0.301 bits per heavy atom. The molecule has 20 N–H and O–H groups in total. The maximum atomic E-state index is 14.0. The molecule has 0 aromatic carbocycles. The molecule has 0 fully saturated rings. The number of carbonyl (C=O) groups is 1. The summed E-state index contributed by atoms with van der Waals surface area (Å²) in [5.41, 5.74) is 0. The molecule has 0 aliphatic heterocycles. The molecule has 0 bridgehead atoms. The summed E-state index contributed by atoms with van der Waals surface area (Å²) >= 11 is 0. The van der Waals surface area contributed by atoms with E-state index in [9.17, 15) is 102 Å². The van der Waals surface area contributed by atoms with Gasteiger partial charge < -0.3 is 164 Å². The number of hydrogen-bond acceptors (Lipinski definition) is 35. The van der Waals surface area contributed by atoms with Gasteiger partial charge in [0, 0.05) is 58.9 Å². The average molecular weight is 1370 g/mol. The third-order valence-electron chi connectivity index (χ3n) is 14.1. The molecule has 0 rings (SSSR count). The van der Waals surface area contributed by atoms with Crippen molar-refractivity contribution in [2.24, 2.45) is 0 Å². The Bertz CT molecular complexity index is 1530. The Morgan fingerprint density at radius 2 is 0.505 bits per heavy atom. The number of ether oxygens (including phenoxy) is 12. The summed E-state index contributed by atoms with van der Waals surface area (Å²) in [4.78, 5) is 17.5. The number of carbonyl (C=O) groups excluding carboxylic acids is 1. The van der Waals surface area contributed by atoms with Crippen molar-refractivity contribution in [2.75, 3.05) is 244 Å². The van der Waals surface area contributed by atoms with E-state index < -0.39 is 150 Å². The number of amides is 1. The van der Waals surface area contributed by atoms with Crippen LogP contribution in [0.5, 0.6) is 0 Å². The molecule has 0 unspecified atom stereocenters. The van der Waals surface area contributed by atoms with E-state index in [1.165, 1.54) is 16.7 Å². The lowest BCUT2D eigenvalue weighted by molar-refractivity contribution is -0.136. The maximum Gasteiger partial charge on any atom is 0.224 e. The van der Waals surface area contributed by atoms with E-state index in [0.717, 1.165) is 11.4 Å². The Hall–Kier alpha value is -1.89. The van der Waals surface area contributed by atoms with E-state index >= 15 is 0 Å². The second kappa shape index (κ2) is 60.1. The number of aliphatic hydroxyl groups is 19. The molecule has 0 aromatic rings. The molecule has 558 valence electrons. The van der Waals surface area contributed by atoms with Crippen LogP contribution in [0.15, 0.2) is 0 Å². The number of rotatable bonds is 69. The number of hydrogen-bond donors (Lipinski definition) is 20. The number of aliphatic hydroxyl groups excluding tert-OH is 19. The Labute approximate surface area is 545 Å². The Balaban J connectivity index is 5.17. The monoisotopic (exact) mass is 1370 g/mol. The lowest BCUT2D eigenvalue weighted by Gasteiger charge is -2.36. The first-order chi connectivity index (χ1) is 44.6. The fourth-order valence-corrected chi connectivity index (χ4v) is 8.29. The fourth-order valence-electron chi connectivity index (χ4n) is 8.29. The van der Waals surface area contributed by atoms with Crippen LogP contribution in [-0.2, 0) is 61.6 Å². The van der Waals surface area contributed by atoms with Crippen LogP contribution in [-0.4, -0.2) is 460 Å². The van der Waals surface area contributed by atoms with Gasteiger partial charge in [0.25, 0.3) is 0 Å². The summed E-state index contributed by atoms with van der Waals surface area (Å²) < 4.78 is 65.9. The average Bonchev–Trinajstić information content (AvgIpc) is 1.46. The molecule has 0 radical (unpaired) electrons. The van der Waals surface area contributed by atoms with E-state index in [2.05, 4.69) is 5.32 Å². The van der Waals surface area contributed by atoms with Crippen LogP contribution in [0.4, 0.5) is 0 Å². The van der Waals surface area contributed by atoms with Crippen molar-refractivity contribution in [3.63, 3.8) is 0 Å². The van der Waals surface area contributed by atoms with Crippen LogP contribution in [0, 0.1) is 0 Å².